The lowest BCUT2D eigenvalue weighted by Gasteiger charge is -2.42. The number of hydrogen-bond donors (Lipinski definition) is 1. The molecule has 144 valence electrons. The number of aromatic nitrogens is 3. The number of nitrogens with one attached hydrogen (secondary N) is 1. The van der Waals surface area contributed by atoms with Crippen LogP contribution < -0.4 is 5.56 Å². The molecule has 3 rings (SSSR count). The van der Waals surface area contributed by atoms with Crippen molar-refractivity contribution >= 4 is 5.91 Å². The Morgan fingerprint density at radius 2 is 1.89 bits per heavy atom. The number of pyridine rings is 1. The van der Waals surface area contributed by atoms with Crippen molar-refractivity contribution in [3.8, 4) is 11.4 Å². The van der Waals surface area contributed by atoms with Gasteiger partial charge in [0.25, 0.3) is 5.56 Å². The van der Waals surface area contributed by atoms with Crippen molar-refractivity contribution in [1.29, 1.82) is 0 Å². The molecular formula is C21H28N4O2. The minimum absolute atomic E-state index is 0.00728. The molecule has 6 nitrogen and oxygen atoms in total. The summed E-state index contributed by atoms with van der Waals surface area (Å²) in [7, 11) is 0. The Morgan fingerprint density at radius 1 is 1.26 bits per heavy atom. The number of likely N-dealkylation sites (tertiary alicyclic amines) is 1. The molecular weight excluding hydrogens is 340 g/mol. The Hall–Kier alpha value is -2.50. The molecule has 0 radical (unpaired) electrons. The summed E-state index contributed by atoms with van der Waals surface area (Å²) in [6, 6.07) is 3.59. The first-order chi connectivity index (χ1) is 12.8. The highest BCUT2D eigenvalue weighted by atomic mass is 16.2. The van der Waals surface area contributed by atoms with Crippen LogP contribution in [-0.2, 0) is 11.2 Å². The maximum atomic E-state index is 12.7. The number of rotatable bonds is 4. The molecule has 1 aliphatic heterocycles. The molecule has 1 amide bonds. The van der Waals surface area contributed by atoms with E-state index in [1.807, 2.05) is 4.90 Å². The number of aryl methyl sites for hydroxylation is 1. The molecule has 2 aromatic rings. The van der Waals surface area contributed by atoms with Crippen molar-refractivity contribution in [2.24, 2.45) is 11.3 Å². The molecule has 0 bridgehead atoms. The molecule has 0 aromatic carbocycles. The van der Waals surface area contributed by atoms with Crippen LogP contribution >= 0.6 is 0 Å². The Kier molecular flexibility index (Phi) is 5.44. The molecule has 1 saturated heterocycles. The second-order valence-electron chi connectivity index (χ2n) is 8.08. The molecule has 1 fully saturated rings. The van der Waals surface area contributed by atoms with Crippen LogP contribution in [0, 0.1) is 18.3 Å². The van der Waals surface area contributed by atoms with E-state index in [2.05, 4.69) is 35.7 Å². The summed E-state index contributed by atoms with van der Waals surface area (Å²) < 4.78 is 0. The summed E-state index contributed by atoms with van der Waals surface area (Å²) >= 11 is 0. The van der Waals surface area contributed by atoms with Gasteiger partial charge in [-0.3, -0.25) is 14.6 Å². The lowest BCUT2D eigenvalue weighted by atomic mass is 9.72. The van der Waals surface area contributed by atoms with E-state index in [0.717, 1.165) is 31.5 Å². The van der Waals surface area contributed by atoms with Crippen LogP contribution in [0.2, 0.25) is 0 Å². The smallest absolute Gasteiger partial charge is 0.255 e. The van der Waals surface area contributed by atoms with E-state index < -0.39 is 0 Å². The van der Waals surface area contributed by atoms with Crippen LogP contribution in [-0.4, -0.2) is 38.8 Å². The quantitative estimate of drug-likeness (QED) is 0.900. The first kappa shape index (κ1) is 19.3. The molecule has 1 N–H and O–H groups in total. The summed E-state index contributed by atoms with van der Waals surface area (Å²) in [6.07, 6.45) is 5.42. The highest BCUT2D eigenvalue weighted by Crippen LogP contribution is 2.38. The second kappa shape index (κ2) is 7.62. The molecule has 6 heteroatoms. The fraction of sp³-hybridized carbons (Fsp3) is 0.524. The SMILES string of the molecule is Cc1nc(-c2ccncc2)[nH]c(=O)c1CC(=O)N1CCC(C)(C(C)C)CC1. The third-order valence-electron chi connectivity index (χ3n) is 6.16. The van der Waals surface area contributed by atoms with E-state index in [0.29, 0.717) is 23.0 Å². The first-order valence-corrected chi connectivity index (χ1v) is 9.58. The lowest BCUT2D eigenvalue weighted by Crippen LogP contribution is -2.45. The van der Waals surface area contributed by atoms with Crippen LogP contribution in [0.15, 0.2) is 29.3 Å². The largest absolute Gasteiger partial charge is 0.342 e. The van der Waals surface area contributed by atoms with E-state index in [9.17, 15) is 9.59 Å². The number of hydrogen-bond acceptors (Lipinski definition) is 4. The topological polar surface area (TPSA) is 79.0 Å². The van der Waals surface area contributed by atoms with Gasteiger partial charge in [0.15, 0.2) is 0 Å². The monoisotopic (exact) mass is 368 g/mol. The fourth-order valence-electron chi connectivity index (χ4n) is 3.57. The normalized spacial score (nSPS) is 16.6. The highest BCUT2D eigenvalue weighted by molar-refractivity contribution is 5.79. The van der Waals surface area contributed by atoms with Crippen LogP contribution in [0.4, 0.5) is 0 Å². The summed E-state index contributed by atoms with van der Waals surface area (Å²) in [6.45, 7) is 10.1. The Labute approximate surface area is 160 Å². The molecule has 3 heterocycles. The van der Waals surface area contributed by atoms with E-state index in [4.69, 9.17) is 0 Å². The summed E-state index contributed by atoms with van der Waals surface area (Å²) in [5, 5.41) is 0. The average Bonchev–Trinajstić information content (AvgIpc) is 2.65. The van der Waals surface area contributed by atoms with Gasteiger partial charge < -0.3 is 9.88 Å². The molecule has 0 unspecified atom stereocenters. The zero-order valence-electron chi connectivity index (χ0n) is 16.6. The number of H-pyrrole nitrogens is 1. The van der Waals surface area contributed by atoms with E-state index in [-0.39, 0.29) is 23.3 Å². The average molecular weight is 368 g/mol. The van der Waals surface area contributed by atoms with E-state index >= 15 is 0 Å². The lowest BCUT2D eigenvalue weighted by molar-refractivity contribution is -0.133. The van der Waals surface area contributed by atoms with Crippen molar-refractivity contribution < 1.29 is 4.79 Å². The van der Waals surface area contributed by atoms with Crippen molar-refractivity contribution in [2.75, 3.05) is 13.1 Å². The minimum Gasteiger partial charge on any atom is -0.342 e. The standard InChI is InChI=1S/C21H28N4O2/c1-14(2)21(4)7-11-25(12-8-21)18(26)13-17-15(3)23-19(24-20(17)27)16-5-9-22-10-6-16/h5-6,9-10,14H,7-8,11-13H2,1-4H3,(H,23,24,27). The number of piperidine rings is 1. The number of nitrogens with zero attached hydrogens (tertiary/aromatic N) is 3. The maximum Gasteiger partial charge on any atom is 0.255 e. The van der Waals surface area contributed by atoms with Gasteiger partial charge in [-0.05, 0) is 43.2 Å². The van der Waals surface area contributed by atoms with Crippen molar-refractivity contribution in [2.45, 2.75) is 47.0 Å². The molecule has 0 aliphatic carbocycles. The maximum absolute atomic E-state index is 12.7. The van der Waals surface area contributed by atoms with Gasteiger partial charge in [0.2, 0.25) is 5.91 Å². The Bertz CT molecular complexity index is 865. The van der Waals surface area contributed by atoms with Gasteiger partial charge in [0.05, 0.1) is 6.42 Å². The van der Waals surface area contributed by atoms with E-state index in [1.165, 1.54) is 0 Å². The number of carbonyl (C=O) groups excluding carboxylic acids is 1. The van der Waals surface area contributed by atoms with Crippen molar-refractivity contribution in [3.63, 3.8) is 0 Å². The Balaban J connectivity index is 1.73. The van der Waals surface area contributed by atoms with Gasteiger partial charge in [-0.2, -0.15) is 0 Å². The van der Waals surface area contributed by atoms with Crippen LogP contribution in [0.1, 0.15) is 44.9 Å². The third-order valence-corrected chi connectivity index (χ3v) is 6.16. The molecule has 27 heavy (non-hydrogen) atoms. The minimum atomic E-state index is -0.244. The van der Waals surface area contributed by atoms with Crippen molar-refractivity contribution in [3.05, 3.63) is 46.1 Å². The molecule has 0 saturated carbocycles. The fourth-order valence-corrected chi connectivity index (χ4v) is 3.57. The predicted octanol–water partition coefficient (Wildman–Crippen LogP) is 2.97. The molecule has 0 spiro atoms. The van der Waals surface area contributed by atoms with Gasteiger partial charge >= 0.3 is 0 Å². The summed E-state index contributed by atoms with van der Waals surface area (Å²) in [5.41, 5.74) is 1.90. The number of aromatic amines is 1. The first-order valence-electron chi connectivity index (χ1n) is 9.58. The summed E-state index contributed by atoms with van der Waals surface area (Å²) in [4.78, 5) is 38.5. The molecule has 0 atom stereocenters. The van der Waals surface area contributed by atoms with Crippen molar-refractivity contribution in [1.82, 2.24) is 19.9 Å². The van der Waals surface area contributed by atoms with Crippen LogP contribution in [0.5, 0.6) is 0 Å². The van der Waals surface area contributed by atoms with Gasteiger partial charge in [0, 0.05) is 42.3 Å². The zero-order chi connectivity index (χ0) is 19.6. The van der Waals surface area contributed by atoms with E-state index in [1.54, 1.807) is 31.5 Å². The molecule has 2 aromatic heterocycles. The van der Waals surface area contributed by atoms with Crippen LogP contribution in [0.3, 0.4) is 0 Å². The van der Waals surface area contributed by atoms with Gasteiger partial charge in [0.1, 0.15) is 5.82 Å². The van der Waals surface area contributed by atoms with Crippen LogP contribution in [0.25, 0.3) is 11.4 Å². The zero-order valence-corrected chi connectivity index (χ0v) is 16.6. The van der Waals surface area contributed by atoms with Gasteiger partial charge in [-0.25, -0.2) is 4.98 Å². The van der Waals surface area contributed by atoms with Gasteiger partial charge in [-0.15, -0.1) is 0 Å². The van der Waals surface area contributed by atoms with Gasteiger partial charge in [-0.1, -0.05) is 20.8 Å². The predicted molar refractivity (Wildman–Crippen MR) is 105 cm³/mol. The number of carbonyl (C=O) groups is 1. The molecule has 1 aliphatic rings. The second-order valence-corrected chi connectivity index (χ2v) is 8.08. The highest BCUT2D eigenvalue weighted by Gasteiger charge is 2.34. The number of amides is 1. The Morgan fingerprint density at radius 3 is 2.44 bits per heavy atom. The summed E-state index contributed by atoms with van der Waals surface area (Å²) in [5.74, 6) is 1.11. The third kappa shape index (κ3) is 4.10.